The van der Waals surface area contributed by atoms with Crippen molar-refractivity contribution in [2.75, 3.05) is 0 Å². The molecule has 34 heavy (non-hydrogen) atoms. The first-order valence-electron chi connectivity index (χ1n) is 8.20. The van der Waals surface area contributed by atoms with E-state index in [1.807, 2.05) is 0 Å². The van der Waals surface area contributed by atoms with Crippen molar-refractivity contribution in [2.24, 2.45) is 10.2 Å². The lowest BCUT2D eigenvalue weighted by Gasteiger charge is -2.24. The molecule has 0 aliphatic heterocycles. The summed E-state index contributed by atoms with van der Waals surface area (Å²) >= 11 is 0. The first-order chi connectivity index (χ1) is 15.4. The minimum absolute atomic E-state index is 0.0141. The number of halogens is 12. The molecule has 2 aromatic rings. The molecule has 0 spiro atoms. The average Bonchev–Trinajstić information content (AvgIpc) is 2.66. The minimum atomic E-state index is -6.13. The lowest BCUT2D eigenvalue weighted by atomic mass is 10.3. The molecule has 1 aromatic carbocycles. The molecule has 0 aliphatic rings. The van der Waals surface area contributed by atoms with Gasteiger partial charge in [0.2, 0.25) is 0 Å². The van der Waals surface area contributed by atoms with Crippen LogP contribution in [0.4, 0.5) is 64.3 Å². The highest BCUT2D eigenvalue weighted by Crippen LogP contribution is 2.38. The van der Waals surface area contributed by atoms with Gasteiger partial charge in [-0.2, -0.15) is 62.7 Å². The molecule has 0 amide bonds. The van der Waals surface area contributed by atoms with Crippen LogP contribution in [0.3, 0.4) is 0 Å². The Kier molecular flexibility index (Phi) is 7.46. The predicted octanol–water partition coefficient (Wildman–Crippen LogP) is 6.03. The van der Waals surface area contributed by atoms with Gasteiger partial charge in [0.1, 0.15) is 0 Å². The first kappa shape index (κ1) is 26.8. The van der Waals surface area contributed by atoms with Crippen LogP contribution < -0.4 is 9.47 Å². The molecule has 0 aliphatic carbocycles. The Morgan fingerprint density at radius 1 is 0.559 bits per heavy atom. The minimum Gasteiger partial charge on any atom is -0.440 e. The maximum absolute atomic E-state index is 12.7. The number of benzene rings is 1. The molecule has 0 N–H and O–H groups in total. The summed E-state index contributed by atoms with van der Waals surface area (Å²) in [5.41, 5.74) is -0.0141. The monoisotopic (exact) mass is 517 g/mol. The van der Waals surface area contributed by atoms with Crippen LogP contribution in [0.5, 0.6) is 12.0 Å². The van der Waals surface area contributed by atoms with Crippen LogP contribution in [-0.2, 0) is 0 Å². The van der Waals surface area contributed by atoms with Crippen molar-refractivity contribution in [3.63, 3.8) is 0 Å². The van der Waals surface area contributed by atoms with Crippen molar-refractivity contribution in [3.8, 4) is 12.0 Å². The molecule has 0 radical (unpaired) electrons. The summed E-state index contributed by atoms with van der Waals surface area (Å²) in [6, 6.07) is 2.87. The molecule has 0 fully saturated rings. The van der Waals surface area contributed by atoms with E-state index in [0.717, 1.165) is 0 Å². The quantitative estimate of drug-likeness (QED) is 0.345. The molecule has 0 bridgehead atoms. The predicted molar refractivity (Wildman–Crippen MR) is 83.5 cm³/mol. The highest BCUT2D eigenvalue weighted by Gasteiger charge is 2.61. The summed E-state index contributed by atoms with van der Waals surface area (Å²) in [5.74, 6) is -1.32. The molecular formula is C15H7F12N5O2. The highest BCUT2D eigenvalue weighted by atomic mass is 19.4. The molecule has 2 rings (SSSR count). The van der Waals surface area contributed by atoms with Gasteiger partial charge in [-0.3, -0.25) is 0 Å². The van der Waals surface area contributed by atoms with Gasteiger partial charge < -0.3 is 9.47 Å². The maximum Gasteiger partial charge on any atom is 0.434 e. The van der Waals surface area contributed by atoms with Crippen LogP contribution in [0.2, 0.25) is 0 Å². The number of azo groups is 1. The zero-order chi connectivity index (χ0) is 25.9. The fourth-order valence-electron chi connectivity index (χ4n) is 1.92. The smallest absolute Gasteiger partial charge is 0.434 e. The molecule has 0 atom stereocenters. The van der Waals surface area contributed by atoms with Crippen molar-refractivity contribution in [2.45, 2.75) is 36.9 Å². The van der Waals surface area contributed by atoms with E-state index in [2.05, 4.69) is 34.7 Å². The number of ether oxygens (including phenoxy) is 2. The summed E-state index contributed by atoms with van der Waals surface area (Å²) < 4.78 is 160. The number of aromatic nitrogens is 3. The van der Waals surface area contributed by atoms with E-state index < -0.39 is 54.9 Å². The van der Waals surface area contributed by atoms with E-state index in [0.29, 0.717) is 0 Å². The SMILES string of the molecule is FC(F)(F)C(Oc1nc(N=Nc2ccccc2)nc(OC(C(F)(F)F)C(F)(F)F)n1)C(F)(F)F. The van der Waals surface area contributed by atoms with Crippen LogP contribution in [0.15, 0.2) is 40.6 Å². The molecule has 0 saturated carbocycles. The van der Waals surface area contributed by atoms with Crippen LogP contribution in [0.1, 0.15) is 0 Å². The molecule has 7 nitrogen and oxygen atoms in total. The van der Waals surface area contributed by atoms with Crippen LogP contribution >= 0.6 is 0 Å². The molecule has 0 unspecified atom stereocenters. The second-order valence-electron chi connectivity index (χ2n) is 5.90. The van der Waals surface area contributed by atoms with Gasteiger partial charge in [-0.15, -0.1) is 15.2 Å². The van der Waals surface area contributed by atoms with Crippen LogP contribution in [0, 0.1) is 0 Å². The lowest BCUT2D eigenvalue weighted by molar-refractivity contribution is -0.302. The Balaban J connectivity index is 2.53. The summed E-state index contributed by atoms with van der Waals surface area (Å²) in [5, 5.41) is 6.52. The van der Waals surface area contributed by atoms with Crippen molar-refractivity contribution in [1.29, 1.82) is 0 Å². The van der Waals surface area contributed by atoms with Gasteiger partial charge in [0.25, 0.3) is 18.2 Å². The van der Waals surface area contributed by atoms with Crippen LogP contribution in [0.25, 0.3) is 0 Å². The Morgan fingerprint density at radius 3 is 1.29 bits per heavy atom. The van der Waals surface area contributed by atoms with E-state index in [9.17, 15) is 52.7 Å². The average molecular weight is 517 g/mol. The molecular weight excluding hydrogens is 510 g/mol. The van der Waals surface area contributed by atoms with Crippen LogP contribution in [-0.4, -0.2) is 51.9 Å². The topological polar surface area (TPSA) is 81.9 Å². The van der Waals surface area contributed by atoms with E-state index in [1.54, 1.807) is 0 Å². The third-order valence-corrected chi connectivity index (χ3v) is 3.23. The highest BCUT2D eigenvalue weighted by molar-refractivity contribution is 5.35. The zero-order valence-electron chi connectivity index (χ0n) is 15.6. The van der Waals surface area contributed by atoms with Crippen molar-refractivity contribution >= 4 is 11.6 Å². The standard InChI is InChI=1S/C15H7F12N5O2/c16-12(17,18)7(13(19,20)21)33-10-28-9(32-31-6-4-2-1-3-5-6)29-11(30-10)34-8(14(22,23)24)15(25,26)27/h1-5,7-8H. The second kappa shape index (κ2) is 9.45. The van der Waals surface area contributed by atoms with Gasteiger partial charge in [0, 0.05) is 0 Å². The van der Waals surface area contributed by atoms with Gasteiger partial charge in [0.15, 0.2) is 0 Å². The molecule has 0 saturated heterocycles. The summed E-state index contributed by atoms with van der Waals surface area (Å²) in [7, 11) is 0. The number of hydrogen-bond acceptors (Lipinski definition) is 7. The molecule has 188 valence electrons. The first-order valence-corrected chi connectivity index (χ1v) is 8.20. The maximum atomic E-state index is 12.7. The summed E-state index contributed by atoms with van der Waals surface area (Å²) in [4.78, 5) is 8.35. The fourth-order valence-corrected chi connectivity index (χ4v) is 1.92. The van der Waals surface area contributed by atoms with E-state index >= 15 is 0 Å². The Bertz CT molecular complexity index is 908. The Morgan fingerprint density at radius 2 is 0.941 bits per heavy atom. The number of rotatable bonds is 6. The van der Waals surface area contributed by atoms with Gasteiger partial charge in [-0.1, -0.05) is 18.2 Å². The lowest BCUT2D eigenvalue weighted by Crippen LogP contribution is -2.47. The van der Waals surface area contributed by atoms with Gasteiger partial charge >= 0.3 is 36.7 Å². The third kappa shape index (κ3) is 7.58. The molecule has 1 aromatic heterocycles. The normalized spacial score (nSPS) is 13.7. The number of nitrogens with zero attached hydrogens (tertiary/aromatic N) is 5. The van der Waals surface area contributed by atoms with Crippen molar-refractivity contribution in [1.82, 2.24) is 15.0 Å². The summed E-state index contributed by atoms with van der Waals surface area (Å²) in [6.07, 6.45) is -33.7. The molecule has 1 heterocycles. The van der Waals surface area contributed by atoms with E-state index in [4.69, 9.17) is 0 Å². The summed E-state index contributed by atoms with van der Waals surface area (Å²) in [6.45, 7) is 0. The zero-order valence-corrected chi connectivity index (χ0v) is 15.6. The van der Waals surface area contributed by atoms with Crippen molar-refractivity contribution < 1.29 is 62.2 Å². The fraction of sp³-hybridized carbons (Fsp3) is 0.400. The molecule has 19 heteroatoms. The Hall–Kier alpha value is -3.41. The van der Waals surface area contributed by atoms with E-state index in [-0.39, 0.29) is 5.69 Å². The Labute approximate surface area is 179 Å². The van der Waals surface area contributed by atoms with Gasteiger partial charge in [-0.25, -0.2) is 0 Å². The second-order valence-corrected chi connectivity index (χ2v) is 5.90. The van der Waals surface area contributed by atoms with Crippen molar-refractivity contribution in [3.05, 3.63) is 30.3 Å². The van der Waals surface area contributed by atoms with Gasteiger partial charge in [0.05, 0.1) is 5.69 Å². The number of alkyl halides is 12. The third-order valence-electron chi connectivity index (χ3n) is 3.23. The largest absolute Gasteiger partial charge is 0.440 e. The van der Waals surface area contributed by atoms with Gasteiger partial charge in [-0.05, 0) is 12.1 Å². The van der Waals surface area contributed by atoms with E-state index in [1.165, 1.54) is 30.3 Å². The number of hydrogen-bond donors (Lipinski definition) is 0.